The van der Waals surface area contributed by atoms with Crippen molar-refractivity contribution in [2.45, 2.75) is 25.4 Å². The lowest BCUT2D eigenvalue weighted by molar-refractivity contribution is 0.0172. The number of aliphatic hydroxyl groups excluding tert-OH is 1. The average molecular weight is 212 g/mol. The lowest BCUT2D eigenvalue weighted by atomic mass is 10.00. The predicted octanol–water partition coefficient (Wildman–Crippen LogP) is 1.68. The van der Waals surface area contributed by atoms with E-state index in [0.717, 1.165) is 19.4 Å². The number of hydrogen-bond donors (Lipinski definition) is 1. The molecule has 15 heavy (non-hydrogen) atoms. The van der Waals surface area contributed by atoms with Crippen molar-refractivity contribution in [2.24, 2.45) is 0 Å². The Kier molecular flexibility index (Phi) is 5.02. The fourth-order valence-corrected chi connectivity index (χ4v) is 1.72. The van der Waals surface area contributed by atoms with Crippen LogP contribution in [0.15, 0.2) is 23.8 Å². The van der Waals surface area contributed by atoms with E-state index < -0.39 is 5.60 Å². The maximum Gasteiger partial charge on any atom is 0.128 e. The Morgan fingerprint density at radius 1 is 1.67 bits per heavy atom. The van der Waals surface area contributed by atoms with Gasteiger partial charge in [-0.15, -0.1) is 0 Å². The quantitative estimate of drug-likeness (QED) is 0.538. The molecule has 0 amide bonds. The second-order valence-corrected chi connectivity index (χ2v) is 3.91. The van der Waals surface area contributed by atoms with Gasteiger partial charge in [0, 0.05) is 13.7 Å². The van der Waals surface area contributed by atoms with E-state index in [1.807, 2.05) is 18.2 Å². The van der Waals surface area contributed by atoms with Crippen LogP contribution in [0.5, 0.6) is 0 Å². The van der Waals surface area contributed by atoms with Gasteiger partial charge >= 0.3 is 0 Å². The van der Waals surface area contributed by atoms with Crippen molar-refractivity contribution in [2.75, 3.05) is 26.9 Å². The summed E-state index contributed by atoms with van der Waals surface area (Å²) < 4.78 is 10.5. The molecule has 1 N–H and O–H groups in total. The van der Waals surface area contributed by atoms with Gasteiger partial charge in [0.05, 0.1) is 13.2 Å². The highest BCUT2D eigenvalue weighted by molar-refractivity contribution is 5.22. The second-order valence-electron chi connectivity index (χ2n) is 3.91. The molecule has 0 saturated heterocycles. The monoisotopic (exact) mass is 212 g/mol. The smallest absolute Gasteiger partial charge is 0.128 e. The van der Waals surface area contributed by atoms with Crippen LogP contribution in [0.25, 0.3) is 0 Å². The summed E-state index contributed by atoms with van der Waals surface area (Å²) in [6, 6.07) is 0. The van der Waals surface area contributed by atoms with Crippen molar-refractivity contribution in [3.8, 4) is 0 Å². The third-order valence-electron chi connectivity index (χ3n) is 2.51. The van der Waals surface area contributed by atoms with Crippen LogP contribution >= 0.6 is 0 Å². The van der Waals surface area contributed by atoms with Crippen LogP contribution in [0.4, 0.5) is 0 Å². The van der Waals surface area contributed by atoms with Crippen molar-refractivity contribution in [3.63, 3.8) is 0 Å². The molecular formula is C12H20O3. The van der Waals surface area contributed by atoms with E-state index >= 15 is 0 Å². The lowest BCUT2D eigenvalue weighted by Gasteiger charge is -2.21. The molecule has 1 aliphatic rings. The van der Waals surface area contributed by atoms with E-state index in [9.17, 15) is 5.11 Å². The molecule has 0 aromatic carbocycles. The highest BCUT2D eigenvalue weighted by Crippen LogP contribution is 2.23. The zero-order valence-electron chi connectivity index (χ0n) is 9.53. The summed E-state index contributed by atoms with van der Waals surface area (Å²) in [5.74, 6) is 0. The molecule has 1 heterocycles. The minimum atomic E-state index is -0.572. The third-order valence-corrected chi connectivity index (χ3v) is 2.51. The van der Waals surface area contributed by atoms with Gasteiger partial charge in [-0.2, -0.15) is 0 Å². The summed E-state index contributed by atoms with van der Waals surface area (Å²) in [6.45, 7) is 3.42. The molecule has 0 aromatic rings. The first kappa shape index (κ1) is 12.4. The number of rotatable bonds is 6. The Hall–Kier alpha value is -0.640. The number of hydrogen-bond acceptors (Lipinski definition) is 3. The molecule has 3 heteroatoms. The first-order valence-electron chi connectivity index (χ1n) is 5.32. The Morgan fingerprint density at radius 2 is 2.47 bits per heavy atom. The highest BCUT2D eigenvalue weighted by atomic mass is 16.5. The van der Waals surface area contributed by atoms with Gasteiger partial charge in [-0.3, -0.25) is 0 Å². The first-order valence-corrected chi connectivity index (χ1v) is 5.32. The Balaban J connectivity index is 2.48. The minimum absolute atomic E-state index is 0.00508. The van der Waals surface area contributed by atoms with E-state index in [1.54, 1.807) is 7.11 Å². The van der Waals surface area contributed by atoms with Crippen molar-refractivity contribution >= 4 is 0 Å². The molecule has 86 valence electrons. The fraction of sp³-hybridized carbons (Fsp3) is 0.667. The van der Waals surface area contributed by atoms with Gasteiger partial charge in [0.25, 0.3) is 0 Å². The van der Waals surface area contributed by atoms with Gasteiger partial charge in [0.15, 0.2) is 0 Å². The lowest BCUT2D eigenvalue weighted by Crippen LogP contribution is -2.29. The predicted molar refractivity (Wildman–Crippen MR) is 59.8 cm³/mol. The summed E-state index contributed by atoms with van der Waals surface area (Å²) in [6.07, 6.45) is 7.85. The normalized spacial score (nSPS) is 26.2. The van der Waals surface area contributed by atoms with Crippen LogP contribution in [0.1, 0.15) is 19.8 Å². The largest absolute Gasteiger partial charge is 0.393 e. The van der Waals surface area contributed by atoms with Crippen LogP contribution in [0.2, 0.25) is 0 Å². The van der Waals surface area contributed by atoms with Crippen molar-refractivity contribution in [1.29, 1.82) is 0 Å². The molecule has 0 unspecified atom stereocenters. The molecule has 1 aliphatic heterocycles. The maximum atomic E-state index is 9.29. The van der Waals surface area contributed by atoms with Crippen molar-refractivity contribution in [3.05, 3.63) is 23.8 Å². The Labute approximate surface area is 91.4 Å². The van der Waals surface area contributed by atoms with Gasteiger partial charge < -0.3 is 14.6 Å². The first-order chi connectivity index (χ1) is 7.22. The number of allylic oxidation sites excluding steroid dienone is 1. The average Bonchev–Trinajstić information content (AvgIpc) is 2.67. The second kappa shape index (κ2) is 6.05. The van der Waals surface area contributed by atoms with Crippen LogP contribution < -0.4 is 0 Å². The van der Waals surface area contributed by atoms with E-state index in [1.165, 1.54) is 5.57 Å². The minimum Gasteiger partial charge on any atom is -0.393 e. The van der Waals surface area contributed by atoms with E-state index in [0.29, 0.717) is 6.61 Å². The molecule has 1 atom stereocenters. The van der Waals surface area contributed by atoms with Crippen molar-refractivity contribution in [1.82, 2.24) is 0 Å². The van der Waals surface area contributed by atoms with Crippen LogP contribution in [0, 0.1) is 0 Å². The molecule has 0 fully saturated rings. The molecule has 0 saturated carbocycles. The Bertz CT molecular complexity index is 245. The summed E-state index contributed by atoms with van der Waals surface area (Å²) in [7, 11) is 1.71. The molecule has 0 radical (unpaired) electrons. The molecule has 1 rings (SSSR count). The third kappa shape index (κ3) is 3.78. The standard InChI is InChI=1S/C12H20O3/c1-11(5-3-7-14-2)9-12(10-13)6-4-8-15-12/h4,6,9,13H,3,5,7-8,10H2,1-2H3/b11-9-/t12-/m1/s1. The van der Waals surface area contributed by atoms with E-state index in [4.69, 9.17) is 9.47 Å². The molecule has 0 aromatic heterocycles. The van der Waals surface area contributed by atoms with Crippen molar-refractivity contribution < 1.29 is 14.6 Å². The molecule has 0 aliphatic carbocycles. The summed E-state index contributed by atoms with van der Waals surface area (Å²) in [5.41, 5.74) is 0.657. The number of methoxy groups -OCH3 is 1. The number of ether oxygens (including phenoxy) is 2. The molecule has 0 bridgehead atoms. The SMILES string of the molecule is COCCC/C(C)=C\[C@@]1(CO)C=CCO1. The van der Waals surface area contributed by atoms with Gasteiger partial charge in [0.2, 0.25) is 0 Å². The van der Waals surface area contributed by atoms with Gasteiger partial charge in [-0.25, -0.2) is 0 Å². The number of aliphatic hydroxyl groups is 1. The fourth-order valence-electron chi connectivity index (χ4n) is 1.72. The van der Waals surface area contributed by atoms with Gasteiger partial charge in [-0.05, 0) is 31.9 Å². The molecule has 0 spiro atoms. The topological polar surface area (TPSA) is 38.7 Å². The van der Waals surface area contributed by atoms with E-state index in [2.05, 4.69) is 6.92 Å². The zero-order chi connectivity index (χ0) is 11.1. The Morgan fingerprint density at radius 3 is 3.00 bits per heavy atom. The van der Waals surface area contributed by atoms with Gasteiger partial charge in [0.1, 0.15) is 5.60 Å². The van der Waals surface area contributed by atoms with Crippen LogP contribution in [-0.2, 0) is 9.47 Å². The van der Waals surface area contributed by atoms with Gasteiger partial charge in [-0.1, -0.05) is 11.6 Å². The van der Waals surface area contributed by atoms with E-state index in [-0.39, 0.29) is 6.61 Å². The summed E-state index contributed by atoms with van der Waals surface area (Å²) in [4.78, 5) is 0. The molecule has 3 nitrogen and oxygen atoms in total. The molecular weight excluding hydrogens is 192 g/mol. The maximum absolute atomic E-state index is 9.29. The summed E-state index contributed by atoms with van der Waals surface area (Å²) in [5, 5.41) is 9.29. The highest BCUT2D eigenvalue weighted by Gasteiger charge is 2.27. The van der Waals surface area contributed by atoms with Crippen LogP contribution in [-0.4, -0.2) is 37.6 Å². The summed E-state index contributed by atoms with van der Waals surface area (Å²) >= 11 is 0. The van der Waals surface area contributed by atoms with Crippen LogP contribution in [0.3, 0.4) is 0 Å². The zero-order valence-corrected chi connectivity index (χ0v) is 9.53.